The first-order valence-electron chi connectivity index (χ1n) is 9.29. The van der Waals surface area contributed by atoms with Crippen molar-refractivity contribution in [3.63, 3.8) is 0 Å². The van der Waals surface area contributed by atoms with Gasteiger partial charge in [0.15, 0.2) is 0 Å². The topological polar surface area (TPSA) is 63.1 Å². The quantitative estimate of drug-likeness (QED) is 0.917. The van der Waals surface area contributed by atoms with Crippen LogP contribution in [-0.4, -0.2) is 31.2 Å². The lowest BCUT2D eigenvalue weighted by molar-refractivity contribution is 0.385. The zero-order chi connectivity index (χ0) is 17.0. The van der Waals surface area contributed by atoms with E-state index in [1.54, 1.807) is 0 Å². The fourth-order valence-electron chi connectivity index (χ4n) is 4.35. The van der Waals surface area contributed by atoms with Crippen molar-refractivity contribution < 1.29 is 0 Å². The molecule has 1 aromatic heterocycles. The van der Waals surface area contributed by atoms with E-state index >= 15 is 0 Å². The van der Waals surface area contributed by atoms with Gasteiger partial charge in [-0.3, -0.25) is 4.79 Å². The summed E-state index contributed by atoms with van der Waals surface area (Å²) in [6, 6.07) is 8.38. The molecule has 1 saturated carbocycles. The molecule has 0 bridgehead atoms. The maximum absolute atomic E-state index is 12.4. The van der Waals surface area contributed by atoms with Crippen LogP contribution < -0.4 is 15.4 Å². The number of aromatic nitrogens is 1. The lowest BCUT2D eigenvalue weighted by atomic mass is 9.92. The summed E-state index contributed by atoms with van der Waals surface area (Å²) < 4.78 is 0. The van der Waals surface area contributed by atoms with E-state index in [-0.39, 0.29) is 11.1 Å². The van der Waals surface area contributed by atoms with Crippen LogP contribution in [0.1, 0.15) is 37.7 Å². The van der Waals surface area contributed by atoms with Crippen molar-refractivity contribution in [2.75, 3.05) is 36.0 Å². The van der Waals surface area contributed by atoms with Crippen molar-refractivity contribution >= 4 is 22.3 Å². The van der Waals surface area contributed by atoms with E-state index in [4.69, 9.17) is 0 Å². The molecule has 1 aliphatic carbocycles. The molecule has 25 heavy (non-hydrogen) atoms. The van der Waals surface area contributed by atoms with Crippen LogP contribution in [0, 0.1) is 16.7 Å². The molecule has 0 radical (unpaired) electrons. The van der Waals surface area contributed by atoms with Gasteiger partial charge >= 0.3 is 0 Å². The smallest absolute Gasteiger partial charge is 0.268 e. The number of H-pyrrole nitrogens is 1. The van der Waals surface area contributed by atoms with Crippen molar-refractivity contribution in [2.45, 2.75) is 32.1 Å². The van der Waals surface area contributed by atoms with E-state index in [0.29, 0.717) is 5.41 Å². The van der Waals surface area contributed by atoms with Crippen molar-refractivity contribution in [1.29, 1.82) is 5.26 Å². The SMILES string of the molecule is N#Cc1c(N2CCC3(CC2)CC3)c2cc(N3CCC3)ccc2[nH]c1=O. The highest BCUT2D eigenvalue weighted by Crippen LogP contribution is 2.54. The van der Waals surface area contributed by atoms with Crippen LogP contribution in [0.4, 0.5) is 11.4 Å². The molecule has 0 unspecified atom stereocenters. The Bertz CT molecular complexity index is 937. The summed E-state index contributed by atoms with van der Waals surface area (Å²) in [5.74, 6) is 0. The number of nitrogens with one attached hydrogen (secondary N) is 1. The van der Waals surface area contributed by atoms with E-state index in [1.807, 2.05) is 6.07 Å². The van der Waals surface area contributed by atoms with Crippen molar-refractivity contribution in [2.24, 2.45) is 5.41 Å². The summed E-state index contributed by atoms with van der Waals surface area (Å²) >= 11 is 0. The first-order valence-corrected chi connectivity index (χ1v) is 9.29. The first kappa shape index (κ1) is 14.8. The predicted molar refractivity (Wildman–Crippen MR) is 99.2 cm³/mol. The molecule has 0 atom stereocenters. The van der Waals surface area contributed by atoms with E-state index in [1.165, 1.54) is 37.8 Å². The first-order chi connectivity index (χ1) is 12.2. The van der Waals surface area contributed by atoms with E-state index in [2.05, 4.69) is 33.0 Å². The second-order valence-electron chi connectivity index (χ2n) is 7.85. The van der Waals surface area contributed by atoms with Crippen molar-refractivity contribution in [3.8, 4) is 6.07 Å². The third-order valence-corrected chi connectivity index (χ3v) is 6.40. The normalized spacial score (nSPS) is 21.2. The molecule has 1 spiro atoms. The van der Waals surface area contributed by atoms with Gasteiger partial charge in [-0.05, 0) is 55.7 Å². The maximum atomic E-state index is 12.4. The van der Waals surface area contributed by atoms with Crippen LogP contribution >= 0.6 is 0 Å². The Balaban J connectivity index is 1.65. The Morgan fingerprint density at radius 2 is 1.80 bits per heavy atom. The number of piperidine rings is 1. The standard InChI is InChI=1S/C20H22N4O/c21-13-16-18(24-10-6-20(4-5-20)7-11-24)15-12-14(23-8-1-9-23)2-3-17(15)22-19(16)25/h2-3,12H,1,4-11H2,(H,22,25). The summed E-state index contributed by atoms with van der Waals surface area (Å²) in [6.07, 6.45) is 6.28. The molecule has 2 aliphatic heterocycles. The molecule has 1 N–H and O–H groups in total. The fraction of sp³-hybridized carbons (Fsp3) is 0.500. The number of aromatic amines is 1. The molecule has 2 saturated heterocycles. The van der Waals surface area contributed by atoms with Crippen molar-refractivity contribution in [3.05, 3.63) is 34.1 Å². The molecule has 3 heterocycles. The molecule has 5 heteroatoms. The molecule has 3 aliphatic rings. The van der Waals surface area contributed by atoms with Crippen LogP contribution in [0.5, 0.6) is 0 Å². The Morgan fingerprint density at radius 3 is 2.40 bits per heavy atom. The molecular weight excluding hydrogens is 312 g/mol. The number of anilines is 2. The van der Waals surface area contributed by atoms with Gasteiger partial charge in [-0.25, -0.2) is 0 Å². The van der Waals surface area contributed by atoms with Gasteiger partial charge in [0, 0.05) is 37.3 Å². The third kappa shape index (κ3) is 2.31. The Hall–Kier alpha value is -2.48. The van der Waals surface area contributed by atoms with Gasteiger partial charge in [-0.2, -0.15) is 5.26 Å². The number of nitriles is 1. The van der Waals surface area contributed by atoms with Crippen molar-refractivity contribution in [1.82, 2.24) is 4.98 Å². The Morgan fingerprint density at radius 1 is 1.04 bits per heavy atom. The van der Waals surface area contributed by atoms with Crippen LogP contribution in [0.2, 0.25) is 0 Å². The highest BCUT2D eigenvalue weighted by atomic mass is 16.1. The van der Waals surface area contributed by atoms with E-state index in [0.717, 1.165) is 42.8 Å². The number of benzene rings is 1. The Labute approximate surface area is 146 Å². The molecule has 0 amide bonds. The van der Waals surface area contributed by atoms with Gasteiger partial charge in [0.2, 0.25) is 0 Å². The fourth-order valence-corrected chi connectivity index (χ4v) is 4.35. The number of hydrogen-bond acceptors (Lipinski definition) is 4. The number of pyridine rings is 1. The lowest BCUT2D eigenvalue weighted by Gasteiger charge is -2.36. The average molecular weight is 334 g/mol. The van der Waals surface area contributed by atoms with Gasteiger partial charge in [-0.15, -0.1) is 0 Å². The lowest BCUT2D eigenvalue weighted by Crippen LogP contribution is -2.37. The summed E-state index contributed by atoms with van der Waals surface area (Å²) in [5.41, 5.74) is 3.43. The van der Waals surface area contributed by atoms with Gasteiger partial charge < -0.3 is 14.8 Å². The molecule has 5 rings (SSSR count). The van der Waals surface area contributed by atoms with Crippen LogP contribution in [-0.2, 0) is 0 Å². The van der Waals surface area contributed by atoms with Gasteiger partial charge in [0.1, 0.15) is 11.6 Å². The predicted octanol–water partition coefficient (Wildman–Crippen LogP) is 2.99. The number of fused-ring (bicyclic) bond motifs is 1. The van der Waals surface area contributed by atoms with E-state index < -0.39 is 0 Å². The molecule has 128 valence electrons. The molecule has 1 aromatic carbocycles. The minimum absolute atomic E-state index is 0.264. The zero-order valence-corrected chi connectivity index (χ0v) is 14.3. The summed E-state index contributed by atoms with van der Waals surface area (Å²) in [5, 5.41) is 10.6. The third-order valence-electron chi connectivity index (χ3n) is 6.40. The molecule has 5 nitrogen and oxygen atoms in total. The van der Waals surface area contributed by atoms with Gasteiger partial charge in [-0.1, -0.05) is 0 Å². The van der Waals surface area contributed by atoms with E-state index in [9.17, 15) is 10.1 Å². The molecule has 3 fully saturated rings. The summed E-state index contributed by atoms with van der Waals surface area (Å²) in [6.45, 7) is 4.06. The van der Waals surface area contributed by atoms with Crippen LogP contribution in [0.25, 0.3) is 10.9 Å². The van der Waals surface area contributed by atoms with Crippen LogP contribution in [0.3, 0.4) is 0 Å². The minimum Gasteiger partial charge on any atom is -0.371 e. The maximum Gasteiger partial charge on any atom is 0.268 e. The summed E-state index contributed by atoms with van der Waals surface area (Å²) in [4.78, 5) is 20.0. The van der Waals surface area contributed by atoms with Gasteiger partial charge in [0.05, 0.1) is 11.2 Å². The molecule has 2 aromatic rings. The Kier molecular flexibility index (Phi) is 3.12. The second kappa shape index (κ2) is 5.26. The largest absolute Gasteiger partial charge is 0.371 e. The average Bonchev–Trinajstić information content (AvgIpc) is 3.32. The second-order valence-corrected chi connectivity index (χ2v) is 7.85. The number of hydrogen-bond donors (Lipinski definition) is 1. The van der Waals surface area contributed by atoms with Crippen LogP contribution in [0.15, 0.2) is 23.0 Å². The summed E-state index contributed by atoms with van der Waals surface area (Å²) in [7, 11) is 0. The monoisotopic (exact) mass is 334 g/mol. The highest BCUT2D eigenvalue weighted by Gasteiger charge is 2.44. The van der Waals surface area contributed by atoms with Gasteiger partial charge in [0.25, 0.3) is 5.56 Å². The molecular formula is C20H22N4O. The minimum atomic E-state index is -0.270. The highest BCUT2D eigenvalue weighted by molar-refractivity contribution is 5.96. The number of nitrogens with zero attached hydrogens (tertiary/aromatic N) is 3. The number of rotatable bonds is 2. The zero-order valence-electron chi connectivity index (χ0n) is 14.3.